The molecule has 0 atom stereocenters. The van der Waals surface area contributed by atoms with Crippen molar-refractivity contribution < 1.29 is 9.59 Å². The van der Waals surface area contributed by atoms with Crippen LogP contribution in [0.25, 0.3) is 6.08 Å². The third kappa shape index (κ3) is 4.60. The monoisotopic (exact) mass is 477 g/mol. The van der Waals surface area contributed by atoms with Crippen LogP contribution < -0.4 is 4.90 Å². The van der Waals surface area contributed by atoms with Gasteiger partial charge in [0.2, 0.25) is 0 Å². The van der Waals surface area contributed by atoms with Gasteiger partial charge in [-0.3, -0.25) is 19.4 Å². The summed E-state index contributed by atoms with van der Waals surface area (Å²) < 4.78 is 0. The lowest BCUT2D eigenvalue weighted by Crippen LogP contribution is -2.47. The predicted molar refractivity (Wildman–Crippen MR) is 134 cm³/mol. The molecule has 168 valence electrons. The second-order valence-electron chi connectivity index (χ2n) is 8.29. The van der Waals surface area contributed by atoms with Crippen LogP contribution in [0.15, 0.2) is 70.4 Å². The second-order valence-corrected chi connectivity index (χ2v) is 9.56. The van der Waals surface area contributed by atoms with Crippen LogP contribution >= 0.6 is 22.9 Å². The van der Waals surface area contributed by atoms with Crippen molar-refractivity contribution in [1.82, 2.24) is 9.80 Å². The summed E-state index contributed by atoms with van der Waals surface area (Å²) in [5, 5.41) is 4.74. The summed E-state index contributed by atoms with van der Waals surface area (Å²) in [4.78, 5) is 32.1. The summed E-state index contributed by atoms with van der Waals surface area (Å²) >= 11 is 8.07. The fraction of sp³-hybridized carbons (Fsp3) is 0.231. The Labute approximate surface area is 202 Å². The molecule has 2 amide bonds. The van der Waals surface area contributed by atoms with Gasteiger partial charge in [0.05, 0.1) is 23.4 Å². The summed E-state index contributed by atoms with van der Waals surface area (Å²) in [7, 11) is 0. The first-order valence-electron chi connectivity index (χ1n) is 11.0. The van der Waals surface area contributed by atoms with Gasteiger partial charge < -0.3 is 4.90 Å². The molecule has 0 radical (unpaired) electrons. The van der Waals surface area contributed by atoms with E-state index in [-0.39, 0.29) is 11.8 Å². The number of carbonyl (C=O) groups is 2. The number of hydrogen-bond donors (Lipinski definition) is 0. The van der Waals surface area contributed by atoms with E-state index in [0.29, 0.717) is 24.2 Å². The molecule has 5 rings (SSSR count). The molecule has 1 fully saturated rings. The molecule has 3 heterocycles. The summed E-state index contributed by atoms with van der Waals surface area (Å²) in [6.45, 7) is 4.24. The van der Waals surface area contributed by atoms with Gasteiger partial charge in [-0.2, -0.15) is 11.3 Å². The number of amides is 2. The Morgan fingerprint density at radius 2 is 1.73 bits per heavy atom. The number of piperazine rings is 1. The first-order valence-corrected chi connectivity index (χ1v) is 12.3. The van der Waals surface area contributed by atoms with Crippen molar-refractivity contribution in [3.63, 3.8) is 0 Å². The van der Waals surface area contributed by atoms with Crippen molar-refractivity contribution in [2.24, 2.45) is 0 Å². The number of imide groups is 1. The van der Waals surface area contributed by atoms with Gasteiger partial charge in [0.15, 0.2) is 0 Å². The van der Waals surface area contributed by atoms with Crippen molar-refractivity contribution in [2.45, 2.75) is 6.54 Å². The Morgan fingerprint density at radius 1 is 0.939 bits per heavy atom. The summed E-state index contributed by atoms with van der Waals surface area (Å²) in [5.74, 6) is -0.410. The minimum atomic E-state index is -0.209. The summed E-state index contributed by atoms with van der Waals surface area (Å²) in [6, 6.07) is 17.6. The molecule has 0 N–H and O–H groups in total. The third-order valence-electron chi connectivity index (χ3n) is 6.11. The minimum absolute atomic E-state index is 0.201. The number of fused-ring (bicyclic) bond motifs is 1. The SMILES string of the molecule is O=C1c2cccc(N3CCN(C/C(Cl)=C/c4ccccc4)CC3)c2C(=O)N1Cc1ccsc1. The van der Waals surface area contributed by atoms with Crippen molar-refractivity contribution in [2.75, 3.05) is 37.6 Å². The number of rotatable bonds is 6. The highest BCUT2D eigenvalue weighted by molar-refractivity contribution is 7.07. The second kappa shape index (κ2) is 9.51. The highest BCUT2D eigenvalue weighted by Crippen LogP contribution is 2.33. The summed E-state index contributed by atoms with van der Waals surface area (Å²) in [5.41, 5.74) is 3.96. The zero-order valence-electron chi connectivity index (χ0n) is 18.1. The Kier molecular flexibility index (Phi) is 6.31. The Balaban J connectivity index is 1.27. The van der Waals surface area contributed by atoms with Gasteiger partial charge >= 0.3 is 0 Å². The quantitative estimate of drug-likeness (QED) is 0.471. The molecule has 1 aromatic heterocycles. The molecule has 0 unspecified atom stereocenters. The number of hydrogen-bond acceptors (Lipinski definition) is 5. The third-order valence-corrected chi connectivity index (χ3v) is 7.07. The molecule has 33 heavy (non-hydrogen) atoms. The molecular formula is C26H24ClN3O2S. The lowest BCUT2D eigenvalue weighted by atomic mass is 10.1. The van der Waals surface area contributed by atoms with E-state index in [1.165, 1.54) is 4.90 Å². The minimum Gasteiger partial charge on any atom is -0.368 e. The van der Waals surface area contributed by atoms with E-state index < -0.39 is 0 Å². The molecule has 0 bridgehead atoms. The van der Waals surface area contributed by atoms with Crippen LogP contribution in [0.3, 0.4) is 0 Å². The average molecular weight is 478 g/mol. The van der Waals surface area contributed by atoms with Crippen molar-refractivity contribution in [1.29, 1.82) is 0 Å². The molecular weight excluding hydrogens is 454 g/mol. The molecule has 0 saturated carbocycles. The number of thiophene rings is 1. The molecule has 0 aliphatic carbocycles. The van der Waals surface area contributed by atoms with Crippen molar-refractivity contribution >= 4 is 46.5 Å². The number of anilines is 1. The maximum absolute atomic E-state index is 13.2. The Morgan fingerprint density at radius 3 is 2.45 bits per heavy atom. The molecule has 2 aliphatic heterocycles. The molecule has 1 saturated heterocycles. The van der Waals surface area contributed by atoms with Crippen LogP contribution in [-0.4, -0.2) is 54.3 Å². The van der Waals surface area contributed by atoms with Gasteiger partial charge in [-0.15, -0.1) is 0 Å². The van der Waals surface area contributed by atoms with Crippen molar-refractivity contribution in [3.8, 4) is 0 Å². The van der Waals surface area contributed by atoms with Gasteiger partial charge in [-0.05, 0) is 46.2 Å². The fourth-order valence-corrected chi connectivity index (χ4v) is 5.38. The zero-order chi connectivity index (χ0) is 22.8. The number of nitrogens with zero attached hydrogens (tertiary/aromatic N) is 3. The molecule has 5 nitrogen and oxygen atoms in total. The molecule has 2 aliphatic rings. The first-order chi connectivity index (χ1) is 16.1. The van der Waals surface area contributed by atoms with Gasteiger partial charge in [0.1, 0.15) is 0 Å². The lowest BCUT2D eigenvalue weighted by molar-refractivity contribution is 0.0642. The zero-order valence-corrected chi connectivity index (χ0v) is 19.7. The molecule has 2 aromatic carbocycles. The van der Waals surface area contributed by atoms with E-state index in [0.717, 1.165) is 48.0 Å². The topological polar surface area (TPSA) is 43.9 Å². The van der Waals surface area contributed by atoms with Crippen LogP contribution in [0.1, 0.15) is 31.8 Å². The van der Waals surface area contributed by atoms with E-state index in [1.807, 2.05) is 65.4 Å². The van der Waals surface area contributed by atoms with Crippen LogP contribution in [-0.2, 0) is 6.54 Å². The van der Waals surface area contributed by atoms with Crippen LogP contribution in [0.5, 0.6) is 0 Å². The van der Waals surface area contributed by atoms with Crippen LogP contribution in [0, 0.1) is 0 Å². The maximum Gasteiger partial charge on any atom is 0.263 e. The standard InChI is InChI=1S/C26H24ClN3O2S/c27-21(15-19-5-2-1-3-6-19)17-28-10-12-29(13-11-28)23-8-4-7-22-24(23)26(32)30(25(22)31)16-20-9-14-33-18-20/h1-9,14-15,18H,10-13,16-17H2/b21-15-. The number of carbonyl (C=O) groups excluding carboxylic acids is 2. The highest BCUT2D eigenvalue weighted by atomic mass is 35.5. The van der Waals surface area contributed by atoms with Gasteiger partial charge in [-0.1, -0.05) is 48.0 Å². The van der Waals surface area contributed by atoms with E-state index in [1.54, 1.807) is 17.4 Å². The fourth-order valence-electron chi connectivity index (χ4n) is 4.42. The molecule has 0 spiro atoms. The van der Waals surface area contributed by atoms with E-state index in [2.05, 4.69) is 9.80 Å². The van der Waals surface area contributed by atoms with E-state index in [9.17, 15) is 9.59 Å². The molecule has 3 aromatic rings. The number of halogens is 1. The summed E-state index contributed by atoms with van der Waals surface area (Å²) in [6.07, 6.45) is 2.00. The normalized spacial score (nSPS) is 17.1. The average Bonchev–Trinajstić information content (AvgIpc) is 3.43. The van der Waals surface area contributed by atoms with Gasteiger partial charge in [0, 0.05) is 37.8 Å². The first kappa shape index (κ1) is 21.9. The molecule has 7 heteroatoms. The maximum atomic E-state index is 13.2. The van der Waals surface area contributed by atoms with Gasteiger partial charge in [-0.25, -0.2) is 0 Å². The number of benzene rings is 2. The smallest absolute Gasteiger partial charge is 0.263 e. The Hall–Kier alpha value is -2.93. The van der Waals surface area contributed by atoms with Crippen LogP contribution in [0.4, 0.5) is 5.69 Å². The van der Waals surface area contributed by atoms with E-state index in [4.69, 9.17) is 11.6 Å². The predicted octanol–water partition coefficient (Wildman–Crippen LogP) is 4.95. The Bertz CT molecular complexity index is 1190. The van der Waals surface area contributed by atoms with Crippen LogP contribution in [0.2, 0.25) is 0 Å². The highest BCUT2D eigenvalue weighted by Gasteiger charge is 2.38. The van der Waals surface area contributed by atoms with Crippen molar-refractivity contribution in [3.05, 3.63) is 92.6 Å². The van der Waals surface area contributed by atoms with Gasteiger partial charge in [0.25, 0.3) is 11.8 Å². The van der Waals surface area contributed by atoms with E-state index >= 15 is 0 Å². The largest absolute Gasteiger partial charge is 0.368 e. The lowest BCUT2D eigenvalue weighted by Gasteiger charge is -2.36.